The number of amides is 3. The number of guanidine groups is 1. The zero-order chi connectivity index (χ0) is 23.5. The molecule has 9 nitrogen and oxygen atoms in total. The lowest BCUT2D eigenvalue weighted by Crippen LogP contribution is -2.51. The molecule has 1 aromatic carbocycles. The van der Waals surface area contributed by atoms with Gasteiger partial charge in [-0.05, 0) is 44.2 Å². The number of hydrogen-bond donors (Lipinski definition) is 3. The summed E-state index contributed by atoms with van der Waals surface area (Å²) in [5, 5.41) is 13.7. The van der Waals surface area contributed by atoms with E-state index in [1.165, 1.54) is 38.4 Å². The maximum Gasteiger partial charge on any atom is 0.411 e. The van der Waals surface area contributed by atoms with E-state index in [-0.39, 0.29) is 29.3 Å². The number of aliphatic imine (C=N–C) groups is 1. The van der Waals surface area contributed by atoms with Crippen LogP contribution in [0.25, 0.3) is 0 Å². The van der Waals surface area contributed by atoms with Gasteiger partial charge in [0, 0.05) is 30.1 Å². The molecule has 1 atom stereocenters. The number of carboxylic acid groups (broad SMARTS) is 1. The third-order valence-corrected chi connectivity index (χ3v) is 4.83. The summed E-state index contributed by atoms with van der Waals surface area (Å²) in [7, 11) is 1.37. The quantitative estimate of drug-likeness (QED) is 0.637. The van der Waals surface area contributed by atoms with Crippen molar-refractivity contribution in [1.82, 2.24) is 15.2 Å². The Balaban J connectivity index is 1.91. The maximum atomic E-state index is 14.7. The number of carbonyl (C=O) groups is 3. The summed E-state index contributed by atoms with van der Waals surface area (Å²) >= 11 is 0. The van der Waals surface area contributed by atoms with Crippen LogP contribution in [0.15, 0.2) is 41.5 Å². The third kappa shape index (κ3) is 4.73. The summed E-state index contributed by atoms with van der Waals surface area (Å²) in [6, 6.07) is 7.06. The highest BCUT2D eigenvalue weighted by molar-refractivity contribution is 6.05. The minimum Gasteiger partial charge on any atom is -0.465 e. The van der Waals surface area contributed by atoms with E-state index in [1.54, 1.807) is 13.0 Å². The number of benzene rings is 1. The molecule has 1 aliphatic heterocycles. The molecule has 0 saturated heterocycles. The van der Waals surface area contributed by atoms with E-state index in [0.29, 0.717) is 5.56 Å². The summed E-state index contributed by atoms with van der Waals surface area (Å²) in [5.74, 6) is 3.74. The van der Waals surface area contributed by atoms with Gasteiger partial charge in [-0.15, -0.1) is 5.92 Å². The molecule has 0 spiro atoms. The van der Waals surface area contributed by atoms with Crippen LogP contribution in [0.5, 0.6) is 0 Å². The molecule has 32 heavy (non-hydrogen) atoms. The van der Waals surface area contributed by atoms with E-state index < -0.39 is 29.3 Å². The lowest BCUT2D eigenvalue weighted by Gasteiger charge is -2.35. The number of pyridine rings is 1. The van der Waals surface area contributed by atoms with Crippen LogP contribution in [0, 0.1) is 17.7 Å². The van der Waals surface area contributed by atoms with Crippen molar-refractivity contribution in [3.05, 3.63) is 59.2 Å². The van der Waals surface area contributed by atoms with Crippen LogP contribution >= 0.6 is 0 Å². The smallest absolute Gasteiger partial charge is 0.411 e. The fourth-order valence-electron chi connectivity index (χ4n) is 3.20. The lowest BCUT2D eigenvalue weighted by atomic mass is 9.87. The highest BCUT2D eigenvalue weighted by atomic mass is 19.1. The Bertz CT molecular complexity index is 1180. The van der Waals surface area contributed by atoms with E-state index >= 15 is 0 Å². The number of carbonyl (C=O) groups excluding carboxylic acids is 2. The fourth-order valence-corrected chi connectivity index (χ4v) is 3.20. The monoisotopic (exact) mass is 437 g/mol. The van der Waals surface area contributed by atoms with E-state index in [9.17, 15) is 18.8 Å². The van der Waals surface area contributed by atoms with E-state index in [4.69, 9.17) is 5.11 Å². The minimum atomic E-state index is -1.41. The van der Waals surface area contributed by atoms with Crippen molar-refractivity contribution in [2.75, 3.05) is 12.4 Å². The zero-order valence-corrected chi connectivity index (χ0v) is 17.6. The zero-order valence-electron chi connectivity index (χ0n) is 17.6. The van der Waals surface area contributed by atoms with Crippen LogP contribution in [-0.4, -0.2) is 45.9 Å². The second-order valence-corrected chi connectivity index (χ2v) is 7.22. The second-order valence-electron chi connectivity index (χ2n) is 7.22. The van der Waals surface area contributed by atoms with Crippen LogP contribution < -0.4 is 10.6 Å². The molecular formula is C22H20FN5O4. The van der Waals surface area contributed by atoms with Crippen LogP contribution in [-0.2, 0) is 10.3 Å². The first kappa shape index (κ1) is 22.4. The third-order valence-electron chi connectivity index (χ3n) is 4.83. The van der Waals surface area contributed by atoms with Gasteiger partial charge in [-0.25, -0.2) is 19.2 Å². The van der Waals surface area contributed by atoms with Crippen molar-refractivity contribution < 1.29 is 23.9 Å². The number of rotatable bonds is 3. The van der Waals surface area contributed by atoms with Gasteiger partial charge in [0.25, 0.3) is 5.91 Å². The van der Waals surface area contributed by atoms with E-state index in [2.05, 4.69) is 27.1 Å². The molecule has 0 saturated carbocycles. The molecule has 0 radical (unpaired) electrons. The Hall–Kier alpha value is -4.26. The van der Waals surface area contributed by atoms with Gasteiger partial charge in [-0.1, -0.05) is 5.92 Å². The Morgan fingerprint density at radius 3 is 2.62 bits per heavy atom. The number of anilines is 1. The molecule has 1 aromatic heterocycles. The predicted molar refractivity (Wildman–Crippen MR) is 114 cm³/mol. The Kier molecular flexibility index (Phi) is 6.20. The van der Waals surface area contributed by atoms with Gasteiger partial charge in [0.1, 0.15) is 11.5 Å². The highest BCUT2D eigenvalue weighted by Crippen LogP contribution is 2.36. The number of hydrogen-bond acceptors (Lipinski definition) is 5. The molecule has 0 fully saturated rings. The SMILES string of the molecule is CC#Cc1ccc(C(=O)Nc2ccc(F)c(C3(C)CC(=O)N(C)C(NC(=O)O)=N3)c2)nc1. The van der Waals surface area contributed by atoms with Gasteiger partial charge in [-0.2, -0.15) is 0 Å². The van der Waals surface area contributed by atoms with E-state index in [1.807, 2.05) is 5.32 Å². The van der Waals surface area contributed by atoms with E-state index in [0.717, 1.165) is 11.0 Å². The molecule has 3 N–H and O–H groups in total. The van der Waals surface area contributed by atoms with Gasteiger partial charge < -0.3 is 10.4 Å². The number of halogens is 1. The first-order chi connectivity index (χ1) is 15.1. The maximum absolute atomic E-state index is 14.7. The van der Waals surface area contributed by atoms with Gasteiger partial charge in [0.05, 0.1) is 12.0 Å². The van der Waals surface area contributed by atoms with Crippen molar-refractivity contribution in [2.45, 2.75) is 25.8 Å². The molecule has 1 unspecified atom stereocenters. The minimum absolute atomic E-state index is 0.0305. The molecule has 164 valence electrons. The van der Waals surface area contributed by atoms with Crippen LogP contribution in [0.3, 0.4) is 0 Å². The van der Waals surface area contributed by atoms with Crippen molar-refractivity contribution in [3.63, 3.8) is 0 Å². The van der Waals surface area contributed by atoms with Gasteiger partial charge in [0.2, 0.25) is 11.9 Å². The van der Waals surface area contributed by atoms with Crippen molar-refractivity contribution >= 4 is 29.6 Å². The highest BCUT2D eigenvalue weighted by Gasteiger charge is 2.39. The molecule has 2 aromatic rings. The first-order valence-electron chi connectivity index (χ1n) is 9.49. The van der Waals surface area contributed by atoms with Crippen molar-refractivity contribution in [3.8, 4) is 11.8 Å². The number of aromatic nitrogens is 1. The first-order valence-corrected chi connectivity index (χ1v) is 9.49. The fraction of sp³-hybridized carbons (Fsp3) is 0.227. The normalized spacial score (nSPS) is 17.7. The molecule has 0 aliphatic carbocycles. The van der Waals surface area contributed by atoms with Crippen molar-refractivity contribution in [2.24, 2.45) is 4.99 Å². The molecule has 2 heterocycles. The van der Waals surface area contributed by atoms with Crippen LogP contribution in [0.1, 0.15) is 41.9 Å². The lowest BCUT2D eigenvalue weighted by molar-refractivity contribution is -0.128. The Labute approximate surface area is 183 Å². The average Bonchev–Trinajstić information content (AvgIpc) is 2.73. The summed E-state index contributed by atoms with van der Waals surface area (Å²) in [6.07, 6.45) is -0.125. The van der Waals surface area contributed by atoms with Gasteiger partial charge in [-0.3, -0.25) is 19.8 Å². The number of nitrogens with zero attached hydrogens (tertiary/aromatic N) is 3. The van der Waals surface area contributed by atoms with Crippen molar-refractivity contribution in [1.29, 1.82) is 0 Å². The van der Waals surface area contributed by atoms with Gasteiger partial charge in [0.15, 0.2) is 0 Å². The topological polar surface area (TPSA) is 124 Å². The summed E-state index contributed by atoms with van der Waals surface area (Å²) < 4.78 is 14.7. The summed E-state index contributed by atoms with van der Waals surface area (Å²) in [6.45, 7) is 3.20. The molecule has 10 heteroatoms. The molecular weight excluding hydrogens is 417 g/mol. The number of nitrogens with one attached hydrogen (secondary N) is 2. The molecule has 1 aliphatic rings. The van der Waals surface area contributed by atoms with Gasteiger partial charge >= 0.3 is 6.09 Å². The average molecular weight is 437 g/mol. The molecule has 0 bridgehead atoms. The largest absolute Gasteiger partial charge is 0.465 e. The summed E-state index contributed by atoms with van der Waals surface area (Å²) in [4.78, 5) is 45.4. The molecule has 3 amide bonds. The van der Waals surface area contributed by atoms with Crippen LogP contribution in [0.4, 0.5) is 14.9 Å². The molecule has 3 rings (SSSR count). The predicted octanol–water partition coefficient (Wildman–Crippen LogP) is 2.55. The standard InChI is InChI=1S/C22H20FN5O4/c1-4-5-13-6-9-17(24-12-13)19(30)25-14-7-8-16(23)15(10-14)22(2)11-18(29)28(3)20(27-22)26-21(31)32/h6-10,12H,11H2,1-3H3,(H,25,30)(H,26,27)(H,31,32). The Morgan fingerprint density at radius 2 is 2.00 bits per heavy atom. The summed E-state index contributed by atoms with van der Waals surface area (Å²) in [5.41, 5.74) is -0.282. The Morgan fingerprint density at radius 1 is 1.25 bits per heavy atom. The second kappa shape index (κ2) is 8.85. The van der Waals surface area contributed by atoms with Crippen LogP contribution in [0.2, 0.25) is 0 Å².